The zero-order chi connectivity index (χ0) is 13.0. The van der Waals surface area contributed by atoms with Gasteiger partial charge in [-0.15, -0.1) is 11.3 Å². The van der Waals surface area contributed by atoms with Crippen LogP contribution in [0.5, 0.6) is 0 Å². The summed E-state index contributed by atoms with van der Waals surface area (Å²) in [5, 5.41) is 4.84. The third-order valence-electron chi connectivity index (χ3n) is 2.72. The van der Waals surface area contributed by atoms with E-state index in [9.17, 15) is 4.79 Å². The van der Waals surface area contributed by atoms with Crippen molar-refractivity contribution < 1.29 is 4.79 Å². The second-order valence-electron chi connectivity index (χ2n) is 4.14. The zero-order valence-corrected chi connectivity index (χ0v) is 11.3. The fraction of sp³-hybridized carbons (Fsp3) is 0.133. The number of hydrogen-bond acceptors (Lipinski definition) is 2. The van der Waals surface area contributed by atoms with Gasteiger partial charge in [-0.3, -0.25) is 4.79 Å². The van der Waals surface area contributed by atoms with Crippen molar-refractivity contribution in [1.82, 2.24) is 0 Å². The van der Waals surface area contributed by atoms with Gasteiger partial charge in [0.25, 0.3) is 0 Å². The normalized spacial score (nSPS) is 10.8. The first-order valence-corrected chi connectivity index (χ1v) is 6.63. The third-order valence-corrected chi connectivity index (χ3v) is 3.55. The van der Waals surface area contributed by atoms with Crippen LogP contribution in [0.3, 0.4) is 0 Å². The first-order chi connectivity index (χ1) is 8.65. The summed E-state index contributed by atoms with van der Waals surface area (Å²) in [5.74, 6) is -0.105. The van der Waals surface area contributed by atoms with Crippen molar-refractivity contribution in [3.05, 3.63) is 57.8 Å². The molecule has 0 spiro atoms. The molecule has 0 atom stereocenters. The Morgan fingerprint density at radius 2 is 2.06 bits per heavy atom. The highest BCUT2D eigenvalue weighted by Gasteiger charge is 1.99. The summed E-state index contributed by atoms with van der Waals surface area (Å²) in [6, 6.07) is 9.84. The highest BCUT2D eigenvalue weighted by molar-refractivity contribution is 7.10. The van der Waals surface area contributed by atoms with Crippen molar-refractivity contribution in [2.24, 2.45) is 0 Å². The second kappa shape index (κ2) is 5.65. The lowest BCUT2D eigenvalue weighted by atomic mass is 10.1. The van der Waals surface area contributed by atoms with Gasteiger partial charge < -0.3 is 5.32 Å². The molecule has 0 unspecified atom stereocenters. The number of aryl methyl sites for hydroxylation is 2. The first kappa shape index (κ1) is 12.6. The Hall–Kier alpha value is -1.87. The third kappa shape index (κ3) is 3.31. The summed E-state index contributed by atoms with van der Waals surface area (Å²) in [6.45, 7) is 4.09. The zero-order valence-electron chi connectivity index (χ0n) is 10.4. The van der Waals surface area contributed by atoms with Crippen LogP contribution in [0.2, 0.25) is 0 Å². The highest BCUT2D eigenvalue weighted by Crippen LogP contribution is 2.14. The number of carbonyl (C=O) groups is 1. The van der Waals surface area contributed by atoms with Gasteiger partial charge in [-0.1, -0.05) is 12.1 Å². The molecular formula is C15H15NOS. The number of hydrogen-bond donors (Lipinski definition) is 1. The molecule has 0 aliphatic carbocycles. The number of carbonyl (C=O) groups excluding carboxylic acids is 1. The first-order valence-electron chi connectivity index (χ1n) is 5.75. The van der Waals surface area contributed by atoms with E-state index in [4.69, 9.17) is 0 Å². The molecule has 0 fully saturated rings. The summed E-state index contributed by atoms with van der Waals surface area (Å²) < 4.78 is 0. The highest BCUT2D eigenvalue weighted by atomic mass is 32.1. The van der Waals surface area contributed by atoms with Crippen molar-refractivity contribution in [2.75, 3.05) is 5.32 Å². The topological polar surface area (TPSA) is 29.1 Å². The second-order valence-corrected chi connectivity index (χ2v) is 5.12. The number of amides is 1. The minimum atomic E-state index is -0.105. The number of anilines is 1. The maximum absolute atomic E-state index is 11.7. The standard InChI is InChI=1S/C15H15NOS/c1-11-5-6-13(10-12(11)2)16-15(17)8-7-14-4-3-9-18-14/h3-10H,1-2H3,(H,16,17)/b8-7+. The fourth-order valence-corrected chi connectivity index (χ4v) is 2.17. The largest absolute Gasteiger partial charge is 0.323 e. The Morgan fingerprint density at radius 1 is 1.22 bits per heavy atom. The Kier molecular flexibility index (Phi) is 3.95. The predicted molar refractivity (Wildman–Crippen MR) is 77.9 cm³/mol. The van der Waals surface area contributed by atoms with Gasteiger partial charge in [-0.05, 0) is 54.6 Å². The van der Waals surface area contributed by atoms with Crippen molar-refractivity contribution >= 4 is 29.0 Å². The van der Waals surface area contributed by atoms with Crippen molar-refractivity contribution in [1.29, 1.82) is 0 Å². The molecule has 1 heterocycles. The summed E-state index contributed by atoms with van der Waals surface area (Å²) in [6.07, 6.45) is 3.38. The van der Waals surface area contributed by atoms with Crippen LogP contribution in [-0.2, 0) is 4.79 Å². The molecule has 1 amide bonds. The van der Waals surface area contributed by atoms with Gasteiger partial charge in [-0.2, -0.15) is 0 Å². The number of thiophene rings is 1. The maximum Gasteiger partial charge on any atom is 0.248 e. The van der Waals surface area contributed by atoms with Crippen LogP contribution < -0.4 is 5.32 Å². The van der Waals surface area contributed by atoms with E-state index in [1.54, 1.807) is 17.4 Å². The van der Waals surface area contributed by atoms with E-state index in [1.807, 2.05) is 48.7 Å². The van der Waals surface area contributed by atoms with E-state index >= 15 is 0 Å². The molecule has 1 aromatic heterocycles. The Balaban J connectivity index is 2.01. The minimum Gasteiger partial charge on any atom is -0.323 e. The number of rotatable bonds is 3. The van der Waals surface area contributed by atoms with E-state index < -0.39 is 0 Å². The van der Waals surface area contributed by atoms with E-state index in [-0.39, 0.29) is 5.91 Å². The van der Waals surface area contributed by atoms with Gasteiger partial charge in [0.1, 0.15) is 0 Å². The molecule has 1 N–H and O–H groups in total. The van der Waals surface area contributed by atoms with Crippen molar-refractivity contribution in [2.45, 2.75) is 13.8 Å². The Morgan fingerprint density at radius 3 is 2.72 bits per heavy atom. The van der Waals surface area contributed by atoms with Gasteiger partial charge in [-0.25, -0.2) is 0 Å². The molecule has 1 aromatic carbocycles. The van der Waals surface area contributed by atoms with E-state index in [2.05, 4.69) is 12.2 Å². The van der Waals surface area contributed by atoms with Gasteiger partial charge in [0, 0.05) is 16.6 Å². The monoisotopic (exact) mass is 257 g/mol. The van der Waals surface area contributed by atoms with Gasteiger partial charge >= 0.3 is 0 Å². The van der Waals surface area contributed by atoms with Crippen LogP contribution in [-0.4, -0.2) is 5.91 Å². The smallest absolute Gasteiger partial charge is 0.248 e. The van der Waals surface area contributed by atoms with E-state index in [1.165, 1.54) is 11.1 Å². The van der Waals surface area contributed by atoms with Crippen molar-refractivity contribution in [3.8, 4) is 0 Å². The number of nitrogens with one attached hydrogen (secondary N) is 1. The van der Waals surface area contributed by atoms with Crippen molar-refractivity contribution in [3.63, 3.8) is 0 Å². The maximum atomic E-state index is 11.7. The average Bonchev–Trinajstić information content (AvgIpc) is 2.84. The molecule has 0 aliphatic rings. The number of benzene rings is 1. The molecule has 2 nitrogen and oxygen atoms in total. The lowest BCUT2D eigenvalue weighted by Crippen LogP contribution is -2.07. The van der Waals surface area contributed by atoms with Crippen LogP contribution >= 0.6 is 11.3 Å². The SMILES string of the molecule is Cc1ccc(NC(=O)/C=C/c2cccs2)cc1C. The van der Waals surface area contributed by atoms with Gasteiger partial charge in [0.05, 0.1) is 0 Å². The summed E-state index contributed by atoms with van der Waals surface area (Å²) >= 11 is 1.61. The van der Waals surface area contributed by atoms with Gasteiger partial charge in [0.15, 0.2) is 0 Å². The Bertz CT molecular complexity index is 570. The van der Waals surface area contributed by atoms with Crippen LogP contribution in [0.4, 0.5) is 5.69 Å². The summed E-state index contributed by atoms with van der Waals surface area (Å²) in [7, 11) is 0. The van der Waals surface area contributed by atoms with Crippen LogP contribution in [0.15, 0.2) is 41.8 Å². The Labute approximate surface area is 111 Å². The molecule has 2 aromatic rings. The molecular weight excluding hydrogens is 242 g/mol. The molecule has 92 valence electrons. The molecule has 3 heteroatoms. The fourth-order valence-electron chi connectivity index (χ4n) is 1.55. The van der Waals surface area contributed by atoms with Gasteiger partial charge in [0.2, 0.25) is 5.91 Å². The molecule has 0 saturated carbocycles. The summed E-state index contributed by atoms with van der Waals surface area (Å²) in [4.78, 5) is 12.8. The van der Waals surface area contributed by atoms with Crippen LogP contribution in [0.1, 0.15) is 16.0 Å². The lowest BCUT2D eigenvalue weighted by Gasteiger charge is -2.05. The van der Waals surface area contributed by atoms with Crippen LogP contribution in [0, 0.1) is 13.8 Å². The molecule has 0 bridgehead atoms. The minimum absolute atomic E-state index is 0.105. The molecule has 0 radical (unpaired) electrons. The average molecular weight is 257 g/mol. The summed E-state index contributed by atoms with van der Waals surface area (Å²) in [5.41, 5.74) is 3.23. The van der Waals surface area contributed by atoms with E-state index in [0.717, 1.165) is 10.6 Å². The van der Waals surface area contributed by atoms with E-state index in [0.29, 0.717) is 0 Å². The van der Waals surface area contributed by atoms with Crippen LogP contribution in [0.25, 0.3) is 6.08 Å². The molecule has 2 rings (SSSR count). The lowest BCUT2D eigenvalue weighted by molar-refractivity contribution is -0.111. The molecule has 0 saturated heterocycles. The predicted octanol–water partition coefficient (Wildman–Crippen LogP) is 4.02. The quantitative estimate of drug-likeness (QED) is 0.827. The molecule has 18 heavy (non-hydrogen) atoms. The molecule has 0 aliphatic heterocycles.